The summed E-state index contributed by atoms with van der Waals surface area (Å²) in [4.78, 5) is 10.2. The average molecular weight is 214 g/mol. The van der Waals surface area contributed by atoms with Gasteiger partial charge in [0.1, 0.15) is 6.29 Å². The third-order valence-electron chi connectivity index (χ3n) is 2.92. The second kappa shape index (κ2) is 11.7. The van der Waals surface area contributed by atoms with E-state index in [1.165, 1.54) is 32.1 Å². The highest BCUT2D eigenvalue weighted by Gasteiger charge is 2.07. The summed E-state index contributed by atoms with van der Waals surface area (Å²) in [5.74, 6) is 0.774. The van der Waals surface area contributed by atoms with Crippen LogP contribution in [0.2, 0.25) is 0 Å². The third-order valence-corrected chi connectivity index (χ3v) is 2.92. The first-order valence-electron chi connectivity index (χ1n) is 6.39. The molecule has 15 heavy (non-hydrogen) atoms. The molecule has 0 aromatic rings. The van der Waals surface area contributed by atoms with Crippen LogP contribution in [0, 0.1) is 5.92 Å². The Hall–Kier alpha value is -0.370. The van der Waals surface area contributed by atoms with E-state index >= 15 is 0 Å². The van der Waals surface area contributed by atoms with Gasteiger partial charge >= 0.3 is 0 Å². The van der Waals surface area contributed by atoms with E-state index in [1.54, 1.807) is 0 Å². The Morgan fingerprint density at radius 2 is 1.73 bits per heavy atom. The van der Waals surface area contributed by atoms with Gasteiger partial charge in [-0.15, -0.1) is 0 Å². The van der Waals surface area contributed by atoms with E-state index in [9.17, 15) is 4.79 Å². The minimum Gasteiger partial charge on any atom is -0.396 e. The van der Waals surface area contributed by atoms with Gasteiger partial charge in [-0.3, -0.25) is 0 Å². The Bertz CT molecular complexity index is 134. The molecule has 0 radical (unpaired) electrons. The maximum atomic E-state index is 10.2. The van der Waals surface area contributed by atoms with Crippen molar-refractivity contribution in [1.82, 2.24) is 0 Å². The Balaban J connectivity index is 3.57. The molecule has 0 heterocycles. The SMILES string of the molecule is CCCCC(CCCC=O)CCCCO. The fraction of sp³-hybridized carbons (Fsp3) is 0.923. The Morgan fingerprint density at radius 1 is 1.07 bits per heavy atom. The normalized spacial score (nSPS) is 12.7. The number of aliphatic hydroxyl groups is 1. The Labute approximate surface area is 94.1 Å². The van der Waals surface area contributed by atoms with Crippen LogP contribution in [0.25, 0.3) is 0 Å². The molecule has 0 bridgehead atoms. The highest BCUT2D eigenvalue weighted by molar-refractivity contribution is 5.48. The summed E-state index contributed by atoms with van der Waals surface area (Å²) >= 11 is 0. The van der Waals surface area contributed by atoms with Gasteiger partial charge in [0, 0.05) is 13.0 Å². The van der Waals surface area contributed by atoms with Crippen molar-refractivity contribution in [2.24, 2.45) is 5.92 Å². The molecule has 0 rings (SSSR count). The molecular weight excluding hydrogens is 188 g/mol. The first-order chi connectivity index (χ1) is 7.35. The Morgan fingerprint density at radius 3 is 2.33 bits per heavy atom. The zero-order valence-electron chi connectivity index (χ0n) is 10.1. The van der Waals surface area contributed by atoms with Gasteiger partial charge in [-0.05, 0) is 18.8 Å². The van der Waals surface area contributed by atoms with E-state index in [2.05, 4.69) is 6.92 Å². The molecule has 0 amide bonds. The van der Waals surface area contributed by atoms with Gasteiger partial charge in [0.05, 0.1) is 0 Å². The second-order valence-electron chi connectivity index (χ2n) is 4.33. The summed E-state index contributed by atoms with van der Waals surface area (Å²) in [5, 5.41) is 8.72. The van der Waals surface area contributed by atoms with Gasteiger partial charge < -0.3 is 9.90 Å². The summed E-state index contributed by atoms with van der Waals surface area (Å²) in [6.07, 6.45) is 11.1. The van der Waals surface area contributed by atoms with Crippen molar-refractivity contribution in [2.45, 2.75) is 64.7 Å². The second-order valence-corrected chi connectivity index (χ2v) is 4.33. The average Bonchev–Trinajstić information content (AvgIpc) is 2.25. The van der Waals surface area contributed by atoms with Gasteiger partial charge in [0.25, 0.3) is 0 Å². The molecule has 0 aliphatic carbocycles. The van der Waals surface area contributed by atoms with Crippen LogP contribution >= 0.6 is 0 Å². The number of rotatable bonds is 11. The maximum absolute atomic E-state index is 10.2. The minimum atomic E-state index is 0.314. The van der Waals surface area contributed by atoms with Crippen molar-refractivity contribution >= 4 is 6.29 Å². The molecule has 1 N–H and O–H groups in total. The van der Waals surface area contributed by atoms with Crippen molar-refractivity contribution < 1.29 is 9.90 Å². The molecule has 2 heteroatoms. The van der Waals surface area contributed by atoms with Crippen LogP contribution in [-0.4, -0.2) is 18.0 Å². The van der Waals surface area contributed by atoms with Crippen molar-refractivity contribution in [2.75, 3.05) is 6.61 Å². The van der Waals surface area contributed by atoms with Gasteiger partial charge in [-0.25, -0.2) is 0 Å². The molecule has 0 aromatic carbocycles. The molecule has 0 aliphatic heterocycles. The van der Waals surface area contributed by atoms with Crippen molar-refractivity contribution in [3.05, 3.63) is 0 Å². The predicted molar refractivity (Wildman–Crippen MR) is 63.9 cm³/mol. The highest BCUT2D eigenvalue weighted by atomic mass is 16.2. The minimum absolute atomic E-state index is 0.314. The van der Waals surface area contributed by atoms with Crippen LogP contribution < -0.4 is 0 Å². The molecular formula is C13H26O2. The molecule has 2 nitrogen and oxygen atoms in total. The van der Waals surface area contributed by atoms with Crippen molar-refractivity contribution in [1.29, 1.82) is 0 Å². The number of carbonyl (C=O) groups is 1. The monoisotopic (exact) mass is 214 g/mol. The van der Waals surface area contributed by atoms with Gasteiger partial charge in [0.15, 0.2) is 0 Å². The lowest BCUT2D eigenvalue weighted by Crippen LogP contribution is -2.01. The lowest BCUT2D eigenvalue weighted by molar-refractivity contribution is -0.108. The fourth-order valence-corrected chi connectivity index (χ4v) is 1.96. The summed E-state index contributed by atoms with van der Waals surface area (Å²) < 4.78 is 0. The van der Waals surface area contributed by atoms with Gasteiger partial charge in [-0.2, -0.15) is 0 Å². The summed E-state index contributed by atoms with van der Waals surface area (Å²) in [6.45, 7) is 2.53. The molecule has 0 saturated heterocycles. The van der Waals surface area contributed by atoms with Crippen LogP contribution in [0.15, 0.2) is 0 Å². The largest absolute Gasteiger partial charge is 0.396 e. The predicted octanol–water partition coefficient (Wildman–Crippen LogP) is 3.32. The highest BCUT2D eigenvalue weighted by Crippen LogP contribution is 2.21. The topological polar surface area (TPSA) is 37.3 Å². The van der Waals surface area contributed by atoms with Gasteiger partial charge in [-0.1, -0.05) is 45.4 Å². The van der Waals surface area contributed by atoms with Crippen LogP contribution in [0.3, 0.4) is 0 Å². The number of hydrogen-bond donors (Lipinski definition) is 1. The van der Waals surface area contributed by atoms with Crippen molar-refractivity contribution in [3.8, 4) is 0 Å². The number of hydrogen-bond acceptors (Lipinski definition) is 2. The molecule has 0 saturated carbocycles. The maximum Gasteiger partial charge on any atom is 0.119 e. The van der Waals surface area contributed by atoms with E-state index in [1.807, 2.05) is 0 Å². The fourth-order valence-electron chi connectivity index (χ4n) is 1.96. The molecule has 1 unspecified atom stereocenters. The Kier molecular flexibility index (Phi) is 11.4. The van der Waals surface area contributed by atoms with Crippen molar-refractivity contribution in [3.63, 3.8) is 0 Å². The van der Waals surface area contributed by atoms with E-state index in [0.29, 0.717) is 13.0 Å². The van der Waals surface area contributed by atoms with Gasteiger partial charge in [0.2, 0.25) is 0 Å². The number of aldehydes is 1. The number of unbranched alkanes of at least 4 members (excludes halogenated alkanes) is 3. The summed E-state index contributed by atoms with van der Waals surface area (Å²) in [7, 11) is 0. The summed E-state index contributed by atoms with van der Waals surface area (Å²) in [5.41, 5.74) is 0. The van der Waals surface area contributed by atoms with Crippen LogP contribution in [0.1, 0.15) is 64.7 Å². The zero-order valence-corrected chi connectivity index (χ0v) is 10.1. The van der Waals surface area contributed by atoms with Crippen LogP contribution in [0.5, 0.6) is 0 Å². The molecule has 0 aliphatic rings. The van der Waals surface area contributed by atoms with Crippen LogP contribution in [-0.2, 0) is 4.79 Å². The molecule has 0 fully saturated rings. The smallest absolute Gasteiger partial charge is 0.119 e. The van der Waals surface area contributed by atoms with E-state index in [4.69, 9.17) is 5.11 Å². The van der Waals surface area contributed by atoms with Crippen LogP contribution in [0.4, 0.5) is 0 Å². The van der Waals surface area contributed by atoms with E-state index in [-0.39, 0.29) is 0 Å². The van der Waals surface area contributed by atoms with E-state index in [0.717, 1.165) is 31.5 Å². The molecule has 0 aromatic heterocycles. The molecule has 1 atom stereocenters. The lowest BCUT2D eigenvalue weighted by Gasteiger charge is -2.15. The quantitative estimate of drug-likeness (QED) is 0.423. The van der Waals surface area contributed by atoms with E-state index < -0.39 is 0 Å². The molecule has 90 valence electrons. The standard InChI is InChI=1S/C13H26O2/c1-2-3-8-13(9-4-6-11-14)10-5-7-12-15/h11,13,15H,2-10,12H2,1H3. The zero-order chi connectivity index (χ0) is 11.4. The molecule has 0 spiro atoms. The first kappa shape index (κ1) is 14.6. The first-order valence-corrected chi connectivity index (χ1v) is 6.39. The number of carbonyl (C=O) groups excluding carboxylic acids is 1. The third kappa shape index (κ3) is 9.92. The summed E-state index contributed by atoms with van der Waals surface area (Å²) in [6, 6.07) is 0. The number of aliphatic hydroxyl groups excluding tert-OH is 1. The lowest BCUT2D eigenvalue weighted by atomic mass is 9.91.